The van der Waals surface area contributed by atoms with Gasteiger partial charge in [-0.15, -0.1) is 0 Å². The third kappa shape index (κ3) is 2.09. The highest BCUT2D eigenvalue weighted by Crippen LogP contribution is 2.42. The monoisotopic (exact) mass is 281 g/mol. The number of hydrogen-bond donors (Lipinski definition) is 3. The molecule has 1 aliphatic carbocycles. The molecule has 4 nitrogen and oxygen atoms in total. The molecule has 19 heavy (non-hydrogen) atoms. The van der Waals surface area contributed by atoms with Gasteiger partial charge in [-0.25, -0.2) is 0 Å². The normalized spacial score (nSPS) is 25.5. The molecule has 0 aromatic heterocycles. The number of fused-ring (bicyclic) bond motifs is 1. The van der Waals surface area contributed by atoms with E-state index in [2.05, 4.69) is 5.32 Å². The molecule has 1 fully saturated rings. The molecule has 1 aromatic rings. The number of benzene rings is 1. The Morgan fingerprint density at radius 1 is 1.42 bits per heavy atom. The molecule has 0 amide bonds. The second kappa shape index (κ2) is 4.69. The minimum atomic E-state index is -0.790. The SMILES string of the molecule is O=C(O)C1CNC(c2cc3c(c(Cl)c2O)CCC3)C1. The summed E-state index contributed by atoms with van der Waals surface area (Å²) in [6.45, 7) is 0.439. The lowest BCUT2D eigenvalue weighted by Gasteiger charge is -2.16. The van der Waals surface area contributed by atoms with Crippen molar-refractivity contribution in [2.24, 2.45) is 5.92 Å². The first kappa shape index (κ1) is 12.8. The van der Waals surface area contributed by atoms with Crippen molar-refractivity contribution >= 4 is 17.6 Å². The highest BCUT2D eigenvalue weighted by Gasteiger charge is 2.33. The minimum Gasteiger partial charge on any atom is -0.506 e. The maximum absolute atomic E-state index is 11.0. The molecule has 1 aliphatic heterocycles. The average molecular weight is 282 g/mol. The smallest absolute Gasteiger partial charge is 0.307 e. The van der Waals surface area contributed by atoms with Crippen LogP contribution in [0.5, 0.6) is 5.75 Å². The second-order valence-electron chi connectivity index (χ2n) is 5.35. The number of carboxylic acids is 1. The van der Waals surface area contributed by atoms with Gasteiger partial charge < -0.3 is 15.5 Å². The Balaban J connectivity index is 1.94. The third-order valence-electron chi connectivity index (χ3n) is 4.19. The maximum atomic E-state index is 11.0. The fraction of sp³-hybridized carbons (Fsp3) is 0.500. The first-order valence-corrected chi connectivity index (χ1v) is 6.95. The van der Waals surface area contributed by atoms with Crippen molar-refractivity contribution in [2.75, 3.05) is 6.54 Å². The van der Waals surface area contributed by atoms with E-state index in [1.165, 1.54) is 5.56 Å². The molecule has 3 rings (SSSR count). The number of carboxylic acid groups (broad SMARTS) is 1. The van der Waals surface area contributed by atoms with Gasteiger partial charge in [0.25, 0.3) is 0 Å². The van der Waals surface area contributed by atoms with Gasteiger partial charge in [0.2, 0.25) is 0 Å². The van der Waals surface area contributed by atoms with E-state index in [0.717, 1.165) is 30.4 Å². The van der Waals surface area contributed by atoms with Gasteiger partial charge in [0.05, 0.1) is 10.9 Å². The van der Waals surface area contributed by atoms with Gasteiger partial charge in [-0.05, 0) is 36.8 Å². The molecular formula is C14H16ClNO3. The summed E-state index contributed by atoms with van der Waals surface area (Å²) in [5, 5.41) is 22.9. The Hall–Kier alpha value is -1.26. The predicted octanol–water partition coefficient (Wildman–Crippen LogP) is 2.27. The summed E-state index contributed by atoms with van der Waals surface area (Å²) >= 11 is 6.23. The Labute approximate surface area is 116 Å². The first-order chi connectivity index (χ1) is 9.08. The number of aryl methyl sites for hydroxylation is 1. The van der Waals surface area contributed by atoms with Crippen molar-refractivity contribution in [1.29, 1.82) is 0 Å². The van der Waals surface area contributed by atoms with E-state index in [1.54, 1.807) is 0 Å². The van der Waals surface area contributed by atoms with Gasteiger partial charge in [0, 0.05) is 18.2 Å². The molecule has 0 bridgehead atoms. The predicted molar refractivity (Wildman–Crippen MR) is 71.6 cm³/mol. The standard InChI is InChI=1S/C14H16ClNO3/c15-12-9-3-1-2-7(9)4-10(13(12)17)11-5-8(6-16-11)14(18)19/h4,8,11,16-17H,1-3,5-6H2,(H,18,19). The van der Waals surface area contributed by atoms with Crippen molar-refractivity contribution in [3.63, 3.8) is 0 Å². The number of rotatable bonds is 2. The average Bonchev–Trinajstić information content (AvgIpc) is 3.01. The molecule has 2 aliphatic rings. The summed E-state index contributed by atoms with van der Waals surface area (Å²) in [7, 11) is 0. The molecule has 0 radical (unpaired) electrons. The Kier molecular flexibility index (Phi) is 3.15. The topological polar surface area (TPSA) is 69.6 Å². The van der Waals surface area contributed by atoms with Crippen LogP contribution in [0.2, 0.25) is 5.02 Å². The van der Waals surface area contributed by atoms with E-state index in [1.807, 2.05) is 6.07 Å². The summed E-state index contributed by atoms with van der Waals surface area (Å²) in [6.07, 6.45) is 3.46. The summed E-state index contributed by atoms with van der Waals surface area (Å²) in [4.78, 5) is 11.0. The molecule has 2 unspecified atom stereocenters. The van der Waals surface area contributed by atoms with Crippen LogP contribution in [-0.4, -0.2) is 22.7 Å². The van der Waals surface area contributed by atoms with Crippen LogP contribution in [0.4, 0.5) is 0 Å². The zero-order chi connectivity index (χ0) is 13.6. The number of phenols is 1. The first-order valence-electron chi connectivity index (χ1n) is 6.57. The highest BCUT2D eigenvalue weighted by atomic mass is 35.5. The molecular weight excluding hydrogens is 266 g/mol. The van der Waals surface area contributed by atoms with Crippen molar-refractivity contribution in [3.05, 3.63) is 27.8 Å². The van der Waals surface area contributed by atoms with E-state index >= 15 is 0 Å². The van der Waals surface area contributed by atoms with Crippen LogP contribution in [-0.2, 0) is 17.6 Å². The van der Waals surface area contributed by atoms with Crippen LogP contribution >= 0.6 is 11.6 Å². The fourth-order valence-electron chi connectivity index (χ4n) is 3.13. The molecule has 2 atom stereocenters. The number of halogens is 1. The van der Waals surface area contributed by atoms with Gasteiger partial charge in [-0.1, -0.05) is 17.7 Å². The van der Waals surface area contributed by atoms with Crippen LogP contribution in [0.25, 0.3) is 0 Å². The Bertz CT molecular complexity index is 544. The number of aromatic hydroxyl groups is 1. The molecule has 3 N–H and O–H groups in total. The summed E-state index contributed by atoms with van der Waals surface area (Å²) in [5.74, 6) is -1.07. The Morgan fingerprint density at radius 3 is 2.89 bits per heavy atom. The molecule has 5 heteroatoms. The number of hydrogen-bond acceptors (Lipinski definition) is 3. The van der Waals surface area contributed by atoms with E-state index in [-0.39, 0.29) is 11.8 Å². The van der Waals surface area contributed by atoms with E-state index < -0.39 is 11.9 Å². The maximum Gasteiger partial charge on any atom is 0.307 e. The van der Waals surface area contributed by atoms with E-state index in [9.17, 15) is 9.90 Å². The van der Waals surface area contributed by atoms with Crippen molar-refractivity contribution < 1.29 is 15.0 Å². The van der Waals surface area contributed by atoms with E-state index in [4.69, 9.17) is 16.7 Å². The van der Waals surface area contributed by atoms with Crippen LogP contribution in [0.15, 0.2) is 6.07 Å². The lowest BCUT2D eigenvalue weighted by molar-refractivity contribution is -0.141. The van der Waals surface area contributed by atoms with Crippen LogP contribution in [0, 0.1) is 5.92 Å². The second-order valence-corrected chi connectivity index (χ2v) is 5.73. The highest BCUT2D eigenvalue weighted by molar-refractivity contribution is 6.33. The zero-order valence-corrected chi connectivity index (χ0v) is 11.2. The van der Waals surface area contributed by atoms with Crippen LogP contribution in [0.1, 0.15) is 35.6 Å². The fourth-order valence-corrected chi connectivity index (χ4v) is 3.45. The summed E-state index contributed by atoms with van der Waals surface area (Å²) in [5.41, 5.74) is 2.99. The van der Waals surface area contributed by atoms with E-state index in [0.29, 0.717) is 18.0 Å². The number of aliphatic carboxylic acids is 1. The van der Waals surface area contributed by atoms with Gasteiger partial charge in [0.1, 0.15) is 5.75 Å². The lowest BCUT2D eigenvalue weighted by Crippen LogP contribution is -2.17. The summed E-state index contributed by atoms with van der Waals surface area (Å²) < 4.78 is 0. The molecule has 0 saturated carbocycles. The Morgan fingerprint density at radius 2 is 2.21 bits per heavy atom. The van der Waals surface area contributed by atoms with Gasteiger partial charge in [-0.3, -0.25) is 4.79 Å². The number of carbonyl (C=O) groups is 1. The number of nitrogens with one attached hydrogen (secondary N) is 1. The van der Waals surface area contributed by atoms with Crippen molar-refractivity contribution in [1.82, 2.24) is 5.32 Å². The molecule has 102 valence electrons. The van der Waals surface area contributed by atoms with Crippen LogP contribution < -0.4 is 5.32 Å². The van der Waals surface area contributed by atoms with Crippen molar-refractivity contribution in [2.45, 2.75) is 31.7 Å². The number of phenolic OH excluding ortho intramolecular Hbond substituents is 1. The van der Waals surface area contributed by atoms with Crippen LogP contribution in [0.3, 0.4) is 0 Å². The van der Waals surface area contributed by atoms with Gasteiger partial charge in [-0.2, -0.15) is 0 Å². The molecule has 0 spiro atoms. The quantitative estimate of drug-likeness (QED) is 0.778. The lowest BCUT2D eigenvalue weighted by atomic mass is 9.96. The molecule has 1 saturated heterocycles. The molecule has 1 aromatic carbocycles. The molecule has 1 heterocycles. The van der Waals surface area contributed by atoms with Gasteiger partial charge >= 0.3 is 5.97 Å². The zero-order valence-electron chi connectivity index (χ0n) is 10.4. The van der Waals surface area contributed by atoms with Gasteiger partial charge in [0.15, 0.2) is 0 Å². The third-order valence-corrected chi connectivity index (χ3v) is 4.60. The largest absolute Gasteiger partial charge is 0.506 e. The van der Waals surface area contributed by atoms with Crippen molar-refractivity contribution in [3.8, 4) is 5.75 Å². The summed E-state index contributed by atoms with van der Waals surface area (Å²) in [6, 6.07) is 1.87. The minimum absolute atomic E-state index is 0.117.